The second-order valence-corrected chi connectivity index (χ2v) is 3.73. The van der Waals surface area contributed by atoms with Crippen LogP contribution < -0.4 is 0 Å². The molecule has 0 bridgehead atoms. The molecule has 2 aromatic heterocycles. The van der Waals surface area contributed by atoms with Gasteiger partial charge >= 0.3 is 0 Å². The highest BCUT2D eigenvalue weighted by Gasteiger charge is 2.14. The summed E-state index contributed by atoms with van der Waals surface area (Å²) in [5.41, 5.74) is 1.21. The first-order valence-electron chi connectivity index (χ1n) is 5.28. The third-order valence-corrected chi connectivity index (χ3v) is 2.71. The van der Waals surface area contributed by atoms with E-state index in [0.717, 1.165) is 11.1 Å². The zero-order chi connectivity index (χ0) is 12.5. The molecular formula is C12H8N4O2. The van der Waals surface area contributed by atoms with Gasteiger partial charge in [-0.1, -0.05) is 12.1 Å². The highest BCUT2D eigenvalue weighted by atomic mass is 16.6. The highest BCUT2D eigenvalue weighted by molar-refractivity contribution is 5.93. The number of nitro benzene ring substituents is 1. The standard InChI is InChI=1S/C12H8N4O2/c17-16(18)11-3-1-2-9-10(4-5-14-12(9)11)15-7-6-13-8-15/h1-8H. The van der Waals surface area contributed by atoms with Crippen LogP contribution >= 0.6 is 0 Å². The summed E-state index contributed by atoms with van der Waals surface area (Å²) in [6, 6.07) is 6.72. The minimum atomic E-state index is -0.424. The van der Waals surface area contributed by atoms with E-state index in [0.29, 0.717) is 5.52 Å². The van der Waals surface area contributed by atoms with Crippen LogP contribution in [0.2, 0.25) is 0 Å². The highest BCUT2D eigenvalue weighted by Crippen LogP contribution is 2.27. The first-order chi connectivity index (χ1) is 8.77. The number of aromatic nitrogens is 3. The lowest BCUT2D eigenvalue weighted by molar-refractivity contribution is -0.383. The van der Waals surface area contributed by atoms with Gasteiger partial charge in [0, 0.05) is 30.0 Å². The molecule has 1 aromatic carbocycles. The Kier molecular flexibility index (Phi) is 2.26. The largest absolute Gasteiger partial charge is 0.306 e. The van der Waals surface area contributed by atoms with E-state index in [4.69, 9.17) is 0 Å². The molecule has 0 aliphatic heterocycles. The number of nitro groups is 1. The Bertz CT molecular complexity index is 722. The fraction of sp³-hybridized carbons (Fsp3) is 0. The molecule has 3 rings (SSSR count). The molecule has 0 unspecified atom stereocenters. The van der Waals surface area contributed by atoms with Crippen LogP contribution in [-0.2, 0) is 0 Å². The molecule has 0 fully saturated rings. The Labute approximate surface area is 102 Å². The molecule has 0 saturated carbocycles. The van der Waals surface area contributed by atoms with Gasteiger partial charge in [-0.15, -0.1) is 0 Å². The lowest BCUT2D eigenvalue weighted by Crippen LogP contribution is -1.96. The summed E-state index contributed by atoms with van der Waals surface area (Å²) in [4.78, 5) is 18.6. The molecule has 0 aliphatic carbocycles. The molecule has 0 spiro atoms. The Morgan fingerprint density at radius 2 is 2.11 bits per heavy atom. The van der Waals surface area contributed by atoms with Crippen molar-refractivity contribution in [3.8, 4) is 5.69 Å². The Balaban J connectivity index is 2.36. The van der Waals surface area contributed by atoms with Crippen LogP contribution in [0, 0.1) is 10.1 Å². The molecule has 18 heavy (non-hydrogen) atoms. The van der Waals surface area contributed by atoms with Crippen LogP contribution in [0.5, 0.6) is 0 Å². The van der Waals surface area contributed by atoms with Gasteiger partial charge < -0.3 is 4.57 Å². The summed E-state index contributed by atoms with van der Waals surface area (Å²) in [5.74, 6) is 0. The predicted molar refractivity (Wildman–Crippen MR) is 65.5 cm³/mol. The molecule has 0 N–H and O–H groups in total. The van der Waals surface area contributed by atoms with Gasteiger partial charge in [0.05, 0.1) is 16.9 Å². The average Bonchev–Trinajstić information content (AvgIpc) is 2.91. The summed E-state index contributed by atoms with van der Waals surface area (Å²) in [6.07, 6.45) is 6.65. The van der Waals surface area contributed by atoms with Crippen molar-refractivity contribution >= 4 is 16.6 Å². The summed E-state index contributed by atoms with van der Waals surface area (Å²) in [5, 5.41) is 11.7. The van der Waals surface area contributed by atoms with Gasteiger partial charge in [-0.05, 0) is 6.07 Å². The topological polar surface area (TPSA) is 73.8 Å². The van der Waals surface area contributed by atoms with Crippen molar-refractivity contribution in [3.63, 3.8) is 0 Å². The summed E-state index contributed by atoms with van der Waals surface area (Å²) < 4.78 is 1.80. The number of benzene rings is 1. The number of nitrogens with zero attached hydrogens (tertiary/aromatic N) is 4. The molecule has 6 heteroatoms. The maximum absolute atomic E-state index is 11.0. The van der Waals surface area contributed by atoms with Crippen LogP contribution in [0.3, 0.4) is 0 Å². The molecule has 0 atom stereocenters. The third kappa shape index (κ3) is 1.51. The lowest BCUT2D eigenvalue weighted by Gasteiger charge is -2.06. The van der Waals surface area contributed by atoms with Crippen molar-refractivity contribution in [1.29, 1.82) is 0 Å². The van der Waals surface area contributed by atoms with E-state index < -0.39 is 4.92 Å². The van der Waals surface area contributed by atoms with Crippen molar-refractivity contribution in [2.24, 2.45) is 0 Å². The summed E-state index contributed by atoms with van der Waals surface area (Å²) in [7, 11) is 0. The number of para-hydroxylation sites is 1. The predicted octanol–water partition coefficient (Wildman–Crippen LogP) is 2.33. The van der Waals surface area contributed by atoms with Gasteiger partial charge in [-0.2, -0.15) is 0 Å². The zero-order valence-corrected chi connectivity index (χ0v) is 9.22. The molecule has 6 nitrogen and oxygen atoms in total. The van der Waals surface area contributed by atoms with Crippen molar-refractivity contribution in [2.45, 2.75) is 0 Å². The normalized spacial score (nSPS) is 10.7. The number of hydrogen-bond donors (Lipinski definition) is 0. The zero-order valence-electron chi connectivity index (χ0n) is 9.22. The first-order valence-corrected chi connectivity index (χ1v) is 5.28. The molecule has 3 aromatic rings. The minimum Gasteiger partial charge on any atom is -0.306 e. The van der Waals surface area contributed by atoms with Crippen molar-refractivity contribution in [2.75, 3.05) is 0 Å². The van der Waals surface area contributed by atoms with Crippen LogP contribution in [0.4, 0.5) is 5.69 Å². The van der Waals surface area contributed by atoms with E-state index in [2.05, 4.69) is 9.97 Å². The number of imidazole rings is 1. The Morgan fingerprint density at radius 1 is 1.22 bits per heavy atom. The molecule has 2 heterocycles. The van der Waals surface area contributed by atoms with Gasteiger partial charge in [0.1, 0.15) is 5.52 Å². The van der Waals surface area contributed by atoms with E-state index in [9.17, 15) is 10.1 Å². The van der Waals surface area contributed by atoms with Gasteiger partial charge in [0.2, 0.25) is 0 Å². The van der Waals surface area contributed by atoms with E-state index >= 15 is 0 Å². The second kappa shape index (κ2) is 3.92. The monoisotopic (exact) mass is 240 g/mol. The summed E-state index contributed by atoms with van der Waals surface area (Å²) in [6.45, 7) is 0. The molecule has 88 valence electrons. The summed E-state index contributed by atoms with van der Waals surface area (Å²) >= 11 is 0. The maximum atomic E-state index is 11.0. The quantitative estimate of drug-likeness (QED) is 0.509. The van der Waals surface area contributed by atoms with Crippen molar-refractivity contribution in [3.05, 3.63) is 59.3 Å². The number of hydrogen-bond acceptors (Lipinski definition) is 4. The maximum Gasteiger partial charge on any atom is 0.295 e. The van der Waals surface area contributed by atoms with Crippen molar-refractivity contribution < 1.29 is 4.92 Å². The van der Waals surface area contributed by atoms with Crippen LogP contribution in [0.15, 0.2) is 49.2 Å². The molecule has 0 saturated heterocycles. The first kappa shape index (κ1) is 10.4. The molecule has 0 amide bonds. The SMILES string of the molecule is O=[N+]([O-])c1cccc2c(-n3ccnc3)ccnc12. The number of non-ortho nitro benzene ring substituents is 1. The second-order valence-electron chi connectivity index (χ2n) is 3.73. The average molecular weight is 240 g/mol. The molecule has 0 aliphatic rings. The smallest absolute Gasteiger partial charge is 0.295 e. The van der Waals surface area contributed by atoms with Gasteiger partial charge in [0.25, 0.3) is 5.69 Å². The lowest BCUT2D eigenvalue weighted by atomic mass is 10.1. The van der Waals surface area contributed by atoms with Crippen LogP contribution in [-0.4, -0.2) is 19.5 Å². The Morgan fingerprint density at radius 3 is 2.83 bits per heavy atom. The van der Waals surface area contributed by atoms with Gasteiger partial charge in [-0.3, -0.25) is 10.1 Å². The van der Waals surface area contributed by atoms with E-state index in [-0.39, 0.29) is 5.69 Å². The fourth-order valence-electron chi connectivity index (χ4n) is 1.92. The Hall–Kier alpha value is -2.76. The van der Waals surface area contributed by atoms with E-state index in [1.54, 1.807) is 41.6 Å². The number of pyridine rings is 1. The number of fused-ring (bicyclic) bond motifs is 1. The van der Waals surface area contributed by atoms with Gasteiger partial charge in [0.15, 0.2) is 0 Å². The third-order valence-electron chi connectivity index (χ3n) is 2.71. The molecular weight excluding hydrogens is 232 g/mol. The van der Waals surface area contributed by atoms with Crippen LogP contribution in [0.25, 0.3) is 16.6 Å². The number of rotatable bonds is 2. The van der Waals surface area contributed by atoms with Crippen LogP contribution in [0.1, 0.15) is 0 Å². The fourth-order valence-corrected chi connectivity index (χ4v) is 1.92. The van der Waals surface area contributed by atoms with E-state index in [1.165, 1.54) is 6.07 Å². The minimum absolute atomic E-state index is 0.00876. The van der Waals surface area contributed by atoms with Gasteiger partial charge in [-0.25, -0.2) is 9.97 Å². The van der Waals surface area contributed by atoms with E-state index in [1.807, 2.05) is 6.07 Å². The molecule has 0 radical (unpaired) electrons. The van der Waals surface area contributed by atoms with Crippen molar-refractivity contribution in [1.82, 2.24) is 14.5 Å².